The number of ether oxygens (including phenoxy) is 1. The maximum atomic E-state index is 12.1. The number of carbonyl (C=O) groups excluding carboxylic acids is 1. The zero-order valence-corrected chi connectivity index (χ0v) is 18.2. The molecule has 1 saturated carbocycles. The van der Waals surface area contributed by atoms with Crippen LogP contribution in [0.5, 0.6) is 5.75 Å². The highest BCUT2D eigenvalue weighted by molar-refractivity contribution is 5.89. The molecular weight excluding hydrogens is 346 g/mol. The third kappa shape index (κ3) is 7.79. The SMILES string of the molecule is C=C(CN(C)C)C(=O)Oc1ccc(C2CCC(CCCCCCC)CC2)cc1. The van der Waals surface area contributed by atoms with Crippen LogP contribution in [-0.2, 0) is 4.79 Å². The number of hydrogen-bond acceptors (Lipinski definition) is 3. The zero-order valence-electron chi connectivity index (χ0n) is 18.2. The van der Waals surface area contributed by atoms with E-state index >= 15 is 0 Å². The molecule has 0 heterocycles. The third-order valence-corrected chi connectivity index (χ3v) is 5.92. The van der Waals surface area contributed by atoms with Crippen LogP contribution in [0.2, 0.25) is 0 Å². The molecule has 0 bridgehead atoms. The smallest absolute Gasteiger partial charge is 0.340 e. The monoisotopic (exact) mass is 385 g/mol. The molecule has 0 saturated heterocycles. The lowest BCUT2D eigenvalue weighted by atomic mass is 9.77. The molecule has 0 aromatic heterocycles. The van der Waals surface area contributed by atoms with Gasteiger partial charge in [-0.2, -0.15) is 0 Å². The number of rotatable bonds is 11. The van der Waals surface area contributed by atoms with Crippen molar-refractivity contribution in [2.45, 2.75) is 77.0 Å². The lowest BCUT2D eigenvalue weighted by molar-refractivity contribution is -0.130. The quantitative estimate of drug-likeness (QED) is 0.192. The van der Waals surface area contributed by atoms with E-state index in [2.05, 4.69) is 25.6 Å². The van der Waals surface area contributed by atoms with Gasteiger partial charge in [0.2, 0.25) is 0 Å². The van der Waals surface area contributed by atoms with E-state index in [1.54, 1.807) is 0 Å². The second-order valence-electron chi connectivity index (χ2n) is 8.72. The minimum absolute atomic E-state index is 0.346. The minimum atomic E-state index is -0.346. The predicted molar refractivity (Wildman–Crippen MR) is 118 cm³/mol. The van der Waals surface area contributed by atoms with Crippen molar-refractivity contribution in [3.05, 3.63) is 42.0 Å². The van der Waals surface area contributed by atoms with Crippen molar-refractivity contribution >= 4 is 5.97 Å². The van der Waals surface area contributed by atoms with Gasteiger partial charge in [0.1, 0.15) is 5.75 Å². The molecule has 0 unspecified atom stereocenters. The molecule has 0 radical (unpaired) electrons. The molecule has 0 amide bonds. The topological polar surface area (TPSA) is 29.5 Å². The minimum Gasteiger partial charge on any atom is -0.423 e. The molecular formula is C25H39NO2. The van der Waals surface area contributed by atoms with Gasteiger partial charge in [-0.3, -0.25) is 0 Å². The molecule has 3 heteroatoms. The molecule has 156 valence electrons. The summed E-state index contributed by atoms with van der Waals surface area (Å²) in [7, 11) is 3.82. The summed E-state index contributed by atoms with van der Waals surface area (Å²) in [5.74, 6) is 1.85. The van der Waals surface area contributed by atoms with E-state index in [4.69, 9.17) is 4.74 Å². The lowest BCUT2D eigenvalue weighted by Gasteiger charge is -2.29. The van der Waals surface area contributed by atoms with E-state index in [0.29, 0.717) is 23.8 Å². The third-order valence-electron chi connectivity index (χ3n) is 5.92. The summed E-state index contributed by atoms with van der Waals surface area (Å²) in [6.45, 7) is 6.60. The number of benzene rings is 1. The number of esters is 1. The fourth-order valence-electron chi connectivity index (χ4n) is 4.25. The maximum Gasteiger partial charge on any atom is 0.340 e. The van der Waals surface area contributed by atoms with Gasteiger partial charge in [0.15, 0.2) is 0 Å². The summed E-state index contributed by atoms with van der Waals surface area (Å²) >= 11 is 0. The molecule has 1 aliphatic carbocycles. The van der Waals surface area contributed by atoms with Gasteiger partial charge in [-0.1, -0.05) is 64.2 Å². The second-order valence-corrected chi connectivity index (χ2v) is 8.72. The molecule has 2 rings (SSSR count). The summed E-state index contributed by atoms with van der Waals surface area (Å²) in [6, 6.07) is 8.12. The Morgan fingerprint density at radius 2 is 1.68 bits per heavy atom. The van der Waals surface area contributed by atoms with Crippen LogP contribution in [-0.4, -0.2) is 31.5 Å². The molecule has 1 aromatic rings. The van der Waals surface area contributed by atoms with Crippen molar-refractivity contribution in [1.82, 2.24) is 4.90 Å². The van der Waals surface area contributed by atoms with Crippen molar-refractivity contribution in [2.24, 2.45) is 5.92 Å². The van der Waals surface area contributed by atoms with Crippen LogP contribution in [0.3, 0.4) is 0 Å². The summed E-state index contributed by atoms with van der Waals surface area (Å²) in [6.07, 6.45) is 13.7. The Morgan fingerprint density at radius 3 is 2.29 bits per heavy atom. The van der Waals surface area contributed by atoms with Crippen LogP contribution in [0.1, 0.15) is 82.6 Å². The zero-order chi connectivity index (χ0) is 20.4. The number of hydrogen-bond donors (Lipinski definition) is 0. The average molecular weight is 386 g/mol. The van der Waals surface area contributed by atoms with Gasteiger partial charge in [-0.05, 0) is 69.3 Å². The van der Waals surface area contributed by atoms with Crippen LogP contribution < -0.4 is 4.74 Å². The fraction of sp³-hybridized carbons (Fsp3) is 0.640. The summed E-state index contributed by atoms with van der Waals surface area (Å²) in [5.41, 5.74) is 1.86. The van der Waals surface area contributed by atoms with Gasteiger partial charge in [0.05, 0.1) is 0 Å². The first-order valence-corrected chi connectivity index (χ1v) is 11.1. The Labute approximate surface area is 172 Å². The van der Waals surface area contributed by atoms with Crippen molar-refractivity contribution < 1.29 is 9.53 Å². The normalized spacial score (nSPS) is 19.6. The van der Waals surface area contributed by atoms with Crippen molar-refractivity contribution in [3.63, 3.8) is 0 Å². The fourth-order valence-corrected chi connectivity index (χ4v) is 4.25. The van der Waals surface area contributed by atoms with Gasteiger partial charge >= 0.3 is 5.97 Å². The van der Waals surface area contributed by atoms with Gasteiger partial charge in [0.25, 0.3) is 0 Å². The van der Waals surface area contributed by atoms with E-state index in [0.717, 1.165) is 5.92 Å². The average Bonchev–Trinajstić information content (AvgIpc) is 2.68. The van der Waals surface area contributed by atoms with Crippen LogP contribution in [0.15, 0.2) is 36.4 Å². The van der Waals surface area contributed by atoms with Gasteiger partial charge in [-0.15, -0.1) is 0 Å². The highest BCUT2D eigenvalue weighted by atomic mass is 16.5. The Morgan fingerprint density at radius 1 is 1.04 bits per heavy atom. The Kier molecular flexibility index (Phi) is 9.77. The summed E-state index contributed by atoms with van der Waals surface area (Å²) in [5, 5.41) is 0. The summed E-state index contributed by atoms with van der Waals surface area (Å²) < 4.78 is 5.44. The highest BCUT2D eigenvalue weighted by Gasteiger charge is 2.22. The predicted octanol–water partition coefficient (Wildman–Crippen LogP) is 6.34. The van der Waals surface area contributed by atoms with E-state index in [1.807, 2.05) is 31.1 Å². The highest BCUT2D eigenvalue weighted by Crippen LogP contribution is 2.38. The molecule has 0 atom stereocenters. The van der Waals surface area contributed by atoms with E-state index in [-0.39, 0.29) is 5.97 Å². The first-order chi connectivity index (χ1) is 13.5. The first kappa shape index (κ1) is 22.7. The van der Waals surface area contributed by atoms with Crippen LogP contribution >= 0.6 is 0 Å². The molecule has 1 aliphatic rings. The Hall–Kier alpha value is -1.61. The van der Waals surface area contributed by atoms with Gasteiger partial charge < -0.3 is 9.64 Å². The molecule has 1 fully saturated rings. The standard InChI is InChI=1S/C25H39NO2/c1-5-6-7-8-9-10-21-11-13-22(14-12-21)23-15-17-24(18-16-23)28-25(27)20(2)19-26(3)4/h15-18,21-22H,2,5-14,19H2,1,3-4H3. The maximum absolute atomic E-state index is 12.1. The Bertz CT molecular complexity index is 597. The molecule has 0 spiro atoms. The molecule has 0 aliphatic heterocycles. The Balaban J connectivity index is 1.74. The summed E-state index contributed by atoms with van der Waals surface area (Å²) in [4.78, 5) is 14.0. The van der Waals surface area contributed by atoms with E-state index in [9.17, 15) is 4.79 Å². The van der Waals surface area contributed by atoms with Crippen LogP contribution in [0, 0.1) is 5.92 Å². The number of carbonyl (C=O) groups is 1. The number of unbranched alkanes of at least 4 members (excludes halogenated alkanes) is 4. The van der Waals surface area contributed by atoms with Crippen LogP contribution in [0.4, 0.5) is 0 Å². The largest absolute Gasteiger partial charge is 0.423 e. The molecule has 1 aromatic carbocycles. The molecule has 28 heavy (non-hydrogen) atoms. The van der Waals surface area contributed by atoms with E-state index < -0.39 is 0 Å². The number of nitrogens with zero attached hydrogens (tertiary/aromatic N) is 1. The molecule has 3 nitrogen and oxygen atoms in total. The van der Waals surface area contributed by atoms with E-state index in [1.165, 1.54) is 69.8 Å². The van der Waals surface area contributed by atoms with Gasteiger partial charge in [0, 0.05) is 12.1 Å². The van der Waals surface area contributed by atoms with Crippen molar-refractivity contribution in [2.75, 3.05) is 20.6 Å². The van der Waals surface area contributed by atoms with Gasteiger partial charge in [-0.25, -0.2) is 4.79 Å². The molecule has 0 N–H and O–H groups in total. The second kappa shape index (κ2) is 12.1. The first-order valence-electron chi connectivity index (χ1n) is 11.1. The van der Waals surface area contributed by atoms with Crippen LogP contribution in [0.25, 0.3) is 0 Å². The van der Waals surface area contributed by atoms with Crippen molar-refractivity contribution in [1.29, 1.82) is 0 Å². The lowest BCUT2D eigenvalue weighted by Crippen LogP contribution is -2.22. The number of likely N-dealkylation sites (N-methyl/N-ethyl adjacent to an activating group) is 1. The van der Waals surface area contributed by atoms with Crippen molar-refractivity contribution in [3.8, 4) is 5.75 Å².